The van der Waals surface area contributed by atoms with Gasteiger partial charge in [-0.05, 0) is 44.9 Å². The average Bonchev–Trinajstić information content (AvgIpc) is 2.40. The Morgan fingerprint density at radius 1 is 1.33 bits per heavy atom. The lowest BCUT2D eigenvalue weighted by molar-refractivity contribution is -0.137. The molecule has 2 saturated heterocycles. The molecule has 104 valence electrons. The number of rotatable bonds is 3. The summed E-state index contributed by atoms with van der Waals surface area (Å²) < 4.78 is 5.34. The van der Waals surface area contributed by atoms with Gasteiger partial charge in [0.05, 0.1) is 0 Å². The molecule has 2 rings (SSSR count). The van der Waals surface area contributed by atoms with Gasteiger partial charge in [-0.15, -0.1) is 0 Å². The molecule has 2 fully saturated rings. The second-order valence-corrected chi connectivity index (χ2v) is 5.77. The van der Waals surface area contributed by atoms with E-state index < -0.39 is 0 Å². The van der Waals surface area contributed by atoms with Crippen molar-refractivity contribution >= 4 is 5.91 Å². The van der Waals surface area contributed by atoms with Crippen LogP contribution in [0.5, 0.6) is 0 Å². The molecule has 2 unspecified atom stereocenters. The van der Waals surface area contributed by atoms with Crippen molar-refractivity contribution in [2.45, 2.75) is 57.5 Å². The third-order valence-corrected chi connectivity index (χ3v) is 4.28. The van der Waals surface area contributed by atoms with Crippen molar-refractivity contribution < 1.29 is 9.53 Å². The molecule has 2 aliphatic rings. The van der Waals surface area contributed by atoms with Crippen LogP contribution in [-0.2, 0) is 9.53 Å². The van der Waals surface area contributed by atoms with Crippen molar-refractivity contribution in [2.24, 2.45) is 11.7 Å². The highest BCUT2D eigenvalue weighted by atomic mass is 16.5. The standard InChI is InChI=1S/C14H26N2O2/c1-11(15)13-4-2-3-7-16(13)14(17)10-12-5-8-18-9-6-12/h11-13H,2-10,15H2,1H3. The lowest BCUT2D eigenvalue weighted by atomic mass is 9.92. The Bertz CT molecular complexity index is 275. The maximum atomic E-state index is 12.4. The molecule has 2 atom stereocenters. The predicted octanol–water partition coefficient (Wildman–Crippen LogP) is 1.53. The molecular weight excluding hydrogens is 228 g/mol. The quantitative estimate of drug-likeness (QED) is 0.831. The van der Waals surface area contributed by atoms with Crippen LogP contribution in [0.1, 0.15) is 45.4 Å². The molecule has 2 aliphatic heterocycles. The lowest BCUT2D eigenvalue weighted by Crippen LogP contribution is -2.52. The summed E-state index contributed by atoms with van der Waals surface area (Å²) >= 11 is 0. The molecule has 0 spiro atoms. The molecule has 0 aromatic rings. The van der Waals surface area contributed by atoms with Gasteiger partial charge in [0.2, 0.25) is 5.91 Å². The fraction of sp³-hybridized carbons (Fsp3) is 0.929. The van der Waals surface area contributed by atoms with Crippen molar-refractivity contribution in [1.29, 1.82) is 0 Å². The van der Waals surface area contributed by atoms with Crippen molar-refractivity contribution in [2.75, 3.05) is 19.8 Å². The Labute approximate surface area is 110 Å². The van der Waals surface area contributed by atoms with E-state index in [9.17, 15) is 4.79 Å². The number of amides is 1. The number of piperidine rings is 1. The zero-order valence-electron chi connectivity index (χ0n) is 11.4. The van der Waals surface area contributed by atoms with Gasteiger partial charge in [-0.2, -0.15) is 0 Å². The smallest absolute Gasteiger partial charge is 0.223 e. The maximum Gasteiger partial charge on any atom is 0.223 e. The topological polar surface area (TPSA) is 55.6 Å². The van der Waals surface area contributed by atoms with E-state index in [1.165, 1.54) is 6.42 Å². The monoisotopic (exact) mass is 254 g/mol. The zero-order chi connectivity index (χ0) is 13.0. The molecule has 0 aliphatic carbocycles. The largest absolute Gasteiger partial charge is 0.381 e. The minimum Gasteiger partial charge on any atom is -0.381 e. The molecule has 0 saturated carbocycles. The summed E-state index contributed by atoms with van der Waals surface area (Å²) in [4.78, 5) is 14.5. The predicted molar refractivity (Wildman–Crippen MR) is 71.2 cm³/mol. The SMILES string of the molecule is CC(N)C1CCCCN1C(=O)CC1CCOCC1. The fourth-order valence-electron chi connectivity index (χ4n) is 3.13. The molecule has 4 nitrogen and oxygen atoms in total. The first-order chi connectivity index (χ1) is 8.68. The Morgan fingerprint density at radius 2 is 2.06 bits per heavy atom. The molecule has 0 bridgehead atoms. The molecule has 1 amide bonds. The third kappa shape index (κ3) is 3.45. The average molecular weight is 254 g/mol. The summed E-state index contributed by atoms with van der Waals surface area (Å²) in [6.45, 7) is 4.54. The Kier molecular flexibility index (Phi) is 5.01. The molecular formula is C14H26N2O2. The van der Waals surface area contributed by atoms with Crippen LogP contribution in [-0.4, -0.2) is 42.6 Å². The van der Waals surface area contributed by atoms with Gasteiger partial charge < -0.3 is 15.4 Å². The Hall–Kier alpha value is -0.610. The first-order valence-electron chi connectivity index (χ1n) is 7.31. The zero-order valence-corrected chi connectivity index (χ0v) is 11.4. The van der Waals surface area contributed by atoms with Crippen LogP contribution in [0.15, 0.2) is 0 Å². The van der Waals surface area contributed by atoms with E-state index in [4.69, 9.17) is 10.5 Å². The highest BCUT2D eigenvalue weighted by Crippen LogP contribution is 2.24. The fourth-order valence-corrected chi connectivity index (χ4v) is 3.13. The molecule has 0 aromatic heterocycles. The van der Waals surface area contributed by atoms with Crippen LogP contribution in [0, 0.1) is 5.92 Å². The van der Waals surface area contributed by atoms with E-state index in [-0.39, 0.29) is 12.1 Å². The van der Waals surface area contributed by atoms with E-state index >= 15 is 0 Å². The van der Waals surface area contributed by atoms with E-state index in [1.54, 1.807) is 0 Å². The van der Waals surface area contributed by atoms with Crippen molar-refractivity contribution in [3.8, 4) is 0 Å². The summed E-state index contributed by atoms with van der Waals surface area (Å²) in [5.74, 6) is 0.825. The second kappa shape index (κ2) is 6.53. The van der Waals surface area contributed by atoms with E-state index in [0.29, 0.717) is 18.2 Å². The molecule has 0 radical (unpaired) electrons. The molecule has 2 N–H and O–H groups in total. The number of carbonyl (C=O) groups is 1. The minimum atomic E-state index is 0.0870. The van der Waals surface area contributed by atoms with Gasteiger partial charge in [-0.1, -0.05) is 0 Å². The Balaban J connectivity index is 1.89. The van der Waals surface area contributed by atoms with Gasteiger partial charge in [-0.25, -0.2) is 0 Å². The van der Waals surface area contributed by atoms with Crippen LogP contribution in [0.25, 0.3) is 0 Å². The first-order valence-corrected chi connectivity index (χ1v) is 7.31. The van der Waals surface area contributed by atoms with Gasteiger partial charge in [-0.3, -0.25) is 4.79 Å². The third-order valence-electron chi connectivity index (χ3n) is 4.28. The number of ether oxygens (including phenoxy) is 1. The number of hydrogen-bond donors (Lipinski definition) is 1. The van der Waals surface area contributed by atoms with Gasteiger partial charge in [0.25, 0.3) is 0 Å². The minimum absolute atomic E-state index is 0.0870. The van der Waals surface area contributed by atoms with E-state index in [2.05, 4.69) is 0 Å². The van der Waals surface area contributed by atoms with Gasteiger partial charge in [0.1, 0.15) is 0 Å². The number of hydrogen-bond acceptors (Lipinski definition) is 3. The van der Waals surface area contributed by atoms with Crippen LogP contribution < -0.4 is 5.73 Å². The molecule has 2 heterocycles. The lowest BCUT2D eigenvalue weighted by Gasteiger charge is -2.39. The molecule has 18 heavy (non-hydrogen) atoms. The van der Waals surface area contributed by atoms with Gasteiger partial charge in [0, 0.05) is 38.3 Å². The van der Waals surface area contributed by atoms with Crippen LogP contribution in [0.2, 0.25) is 0 Å². The van der Waals surface area contributed by atoms with Gasteiger partial charge in [0.15, 0.2) is 0 Å². The summed E-state index contributed by atoms with van der Waals surface area (Å²) in [6.07, 6.45) is 6.14. The Morgan fingerprint density at radius 3 is 2.72 bits per heavy atom. The van der Waals surface area contributed by atoms with E-state index in [1.807, 2.05) is 11.8 Å². The number of nitrogens with zero attached hydrogens (tertiary/aromatic N) is 1. The van der Waals surface area contributed by atoms with Crippen molar-refractivity contribution in [3.05, 3.63) is 0 Å². The number of likely N-dealkylation sites (tertiary alicyclic amines) is 1. The van der Waals surface area contributed by atoms with Crippen molar-refractivity contribution in [3.63, 3.8) is 0 Å². The van der Waals surface area contributed by atoms with E-state index in [0.717, 1.165) is 45.4 Å². The van der Waals surface area contributed by atoms with Crippen molar-refractivity contribution in [1.82, 2.24) is 4.90 Å². The summed E-state index contributed by atoms with van der Waals surface area (Å²) in [7, 11) is 0. The highest BCUT2D eigenvalue weighted by molar-refractivity contribution is 5.77. The number of carbonyl (C=O) groups excluding carboxylic acids is 1. The highest BCUT2D eigenvalue weighted by Gasteiger charge is 2.30. The van der Waals surface area contributed by atoms with Crippen LogP contribution >= 0.6 is 0 Å². The molecule has 4 heteroatoms. The normalized spacial score (nSPS) is 28.1. The molecule has 0 aromatic carbocycles. The maximum absolute atomic E-state index is 12.4. The number of nitrogens with two attached hydrogens (primary N) is 1. The summed E-state index contributed by atoms with van der Waals surface area (Å²) in [5, 5.41) is 0. The first kappa shape index (κ1) is 13.8. The summed E-state index contributed by atoms with van der Waals surface area (Å²) in [5.41, 5.74) is 6.01. The van der Waals surface area contributed by atoms with Gasteiger partial charge >= 0.3 is 0 Å². The summed E-state index contributed by atoms with van der Waals surface area (Å²) in [6, 6.07) is 0.343. The second-order valence-electron chi connectivity index (χ2n) is 5.77. The van der Waals surface area contributed by atoms with Crippen LogP contribution in [0.4, 0.5) is 0 Å². The van der Waals surface area contributed by atoms with Crippen LogP contribution in [0.3, 0.4) is 0 Å².